The lowest BCUT2D eigenvalue weighted by atomic mass is 9.78. The first-order valence-electron chi connectivity index (χ1n) is 7.55. The van der Waals surface area contributed by atoms with Crippen LogP contribution < -0.4 is 10.8 Å². The van der Waals surface area contributed by atoms with E-state index in [0.29, 0.717) is 0 Å². The van der Waals surface area contributed by atoms with Gasteiger partial charge in [0, 0.05) is 11.2 Å². The molecule has 1 aromatic carbocycles. The highest BCUT2D eigenvalue weighted by molar-refractivity contribution is 6.60. The van der Waals surface area contributed by atoms with Gasteiger partial charge >= 0.3 is 25.0 Å². The maximum atomic E-state index is 12.0. The molecule has 0 aliphatic carbocycles. The van der Waals surface area contributed by atoms with Gasteiger partial charge in [-0.3, -0.25) is 0 Å². The average Bonchev–Trinajstić information content (AvgIpc) is 2.59. The number of esters is 3. The fourth-order valence-corrected chi connectivity index (χ4v) is 1.88. The molecule has 0 radical (unpaired) electrons. The minimum atomic E-state index is -1.90. The molecular formula is C16H20BNO8. The van der Waals surface area contributed by atoms with Crippen LogP contribution in [0.4, 0.5) is 5.69 Å². The largest absolute Gasteiger partial charge is 0.490 e. The summed E-state index contributed by atoms with van der Waals surface area (Å²) in [4.78, 5) is 35.3. The van der Waals surface area contributed by atoms with Crippen LogP contribution in [-0.4, -0.2) is 55.4 Å². The Balaban J connectivity index is 3.32. The van der Waals surface area contributed by atoms with E-state index in [0.717, 1.165) is 20.3 Å². The number of hydrogen-bond donors (Lipinski definition) is 3. The third kappa shape index (κ3) is 5.90. The maximum Gasteiger partial charge on any atom is 0.490 e. The number of nitrogens with one attached hydrogen (secondary N) is 1. The van der Waals surface area contributed by atoms with Gasteiger partial charge in [-0.15, -0.1) is 0 Å². The van der Waals surface area contributed by atoms with Gasteiger partial charge in [-0.25, -0.2) is 14.4 Å². The second-order valence-electron chi connectivity index (χ2n) is 5.33. The molecule has 3 N–H and O–H groups in total. The van der Waals surface area contributed by atoms with Gasteiger partial charge in [-0.2, -0.15) is 0 Å². The summed E-state index contributed by atoms with van der Waals surface area (Å²) in [7, 11) is 0.330. The molecule has 0 unspecified atom stereocenters. The third-order valence-electron chi connectivity index (χ3n) is 3.05. The number of hydrogen-bond acceptors (Lipinski definition) is 9. The number of benzene rings is 1. The second kappa shape index (κ2) is 9.59. The third-order valence-corrected chi connectivity index (χ3v) is 3.05. The van der Waals surface area contributed by atoms with Crippen LogP contribution in [0, 0.1) is 0 Å². The zero-order valence-electron chi connectivity index (χ0n) is 14.8. The van der Waals surface area contributed by atoms with Crippen molar-refractivity contribution >= 4 is 36.2 Å². The number of ether oxygens (including phenoxy) is 3. The SMILES string of the molecule is COC(=O)/C=C(/Nc1cc(C(=O)OC(C)C)ccc1B(O)O)C(=O)OC. The van der Waals surface area contributed by atoms with Gasteiger partial charge in [0.25, 0.3) is 0 Å². The first-order valence-corrected chi connectivity index (χ1v) is 7.55. The Kier molecular flexibility index (Phi) is 7.82. The molecule has 0 bridgehead atoms. The topological polar surface area (TPSA) is 131 Å². The molecule has 0 aromatic heterocycles. The number of rotatable bonds is 7. The Morgan fingerprint density at radius 1 is 1.15 bits per heavy atom. The lowest BCUT2D eigenvalue weighted by Crippen LogP contribution is -2.33. The molecule has 0 atom stereocenters. The molecule has 0 aliphatic heterocycles. The van der Waals surface area contributed by atoms with Gasteiger partial charge in [-0.1, -0.05) is 6.07 Å². The van der Waals surface area contributed by atoms with Gasteiger partial charge in [0.05, 0.1) is 32.0 Å². The molecule has 9 nitrogen and oxygen atoms in total. The maximum absolute atomic E-state index is 12.0. The normalized spacial score (nSPS) is 11.0. The minimum Gasteiger partial charge on any atom is -0.466 e. The van der Waals surface area contributed by atoms with E-state index in [9.17, 15) is 24.4 Å². The minimum absolute atomic E-state index is 0.00115. The van der Waals surface area contributed by atoms with Crippen molar-refractivity contribution in [2.45, 2.75) is 20.0 Å². The van der Waals surface area contributed by atoms with E-state index >= 15 is 0 Å². The van der Waals surface area contributed by atoms with Gasteiger partial charge in [0.15, 0.2) is 0 Å². The molecule has 10 heteroatoms. The Labute approximate surface area is 150 Å². The summed E-state index contributed by atoms with van der Waals surface area (Å²) in [5, 5.41) is 21.5. The van der Waals surface area contributed by atoms with Gasteiger partial charge in [0.1, 0.15) is 5.70 Å². The van der Waals surface area contributed by atoms with Gasteiger partial charge in [0.2, 0.25) is 0 Å². The Morgan fingerprint density at radius 3 is 2.31 bits per heavy atom. The first-order chi connectivity index (χ1) is 12.2. The van der Waals surface area contributed by atoms with Crippen molar-refractivity contribution in [1.82, 2.24) is 0 Å². The Bertz CT molecular complexity index is 714. The zero-order valence-corrected chi connectivity index (χ0v) is 14.8. The highest BCUT2D eigenvalue weighted by Gasteiger charge is 2.22. The Morgan fingerprint density at radius 2 is 1.81 bits per heavy atom. The van der Waals surface area contributed by atoms with E-state index in [1.165, 1.54) is 18.2 Å². The zero-order chi connectivity index (χ0) is 19.9. The van der Waals surface area contributed by atoms with Crippen molar-refractivity contribution in [3.63, 3.8) is 0 Å². The van der Waals surface area contributed by atoms with Crippen LogP contribution in [0.3, 0.4) is 0 Å². The van der Waals surface area contributed by atoms with Crippen molar-refractivity contribution in [2.24, 2.45) is 0 Å². The summed E-state index contributed by atoms with van der Waals surface area (Å²) in [5.41, 5.74) is -0.256. The van der Waals surface area contributed by atoms with E-state index in [4.69, 9.17) is 4.74 Å². The molecule has 0 saturated heterocycles. The molecule has 0 heterocycles. The summed E-state index contributed by atoms with van der Waals surface area (Å²) in [6.45, 7) is 3.36. The molecule has 0 fully saturated rings. The highest BCUT2D eigenvalue weighted by atomic mass is 16.5. The summed E-state index contributed by atoms with van der Waals surface area (Å²) in [6.07, 6.45) is 0.477. The quantitative estimate of drug-likeness (QED) is 0.255. The molecule has 1 rings (SSSR count). The van der Waals surface area contributed by atoms with E-state index in [1.54, 1.807) is 13.8 Å². The molecule has 0 amide bonds. The van der Waals surface area contributed by atoms with Crippen LogP contribution in [-0.2, 0) is 23.8 Å². The number of anilines is 1. The van der Waals surface area contributed by atoms with Crippen LogP contribution in [0.2, 0.25) is 0 Å². The van der Waals surface area contributed by atoms with E-state index < -0.39 is 25.0 Å². The summed E-state index contributed by atoms with van der Waals surface area (Å²) >= 11 is 0. The predicted octanol–water partition coefficient (Wildman–Crippen LogP) is -0.427. The van der Waals surface area contributed by atoms with E-state index in [2.05, 4.69) is 14.8 Å². The number of carbonyl (C=O) groups is 3. The van der Waals surface area contributed by atoms with Crippen molar-refractivity contribution in [3.05, 3.63) is 35.5 Å². The van der Waals surface area contributed by atoms with Crippen molar-refractivity contribution in [2.75, 3.05) is 19.5 Å². The molecule has 26 heavy (non-hydrogen) atoms. The predicted molar refractivity (Wildman–Crippen MR) is 92.6 cm³/mol. The van der Waals surface area contributed by atoms with Crippen LogP contribution in [0.1, 0.15) is 24.2 Å². The fraction of sp³-hybridized carbons (Fsp3) is 0.312. The lowest BCUT2D eigenvalue weighted by molar-refractivity contribution is -0.138. The molecule has 1 aromatic rings. The molecule has 140 valence electrons. The van der Waals surface area contributed by atoms with Crippen molar-refractivity contribution in [1.29, 1.82) is 0 Å². The van der Waals surface area contributed by atoms with E-state index in [1.807, 2.05) is 0 Å². The average molecular weight is 365 g/mol. The summed E-state index contributed by atoms with van der Waals surface area (Å²) in [6, 6.07) is 3.87. The van der Waals surface area contributed by atoms with Crippen molar-refractivity contribution < 1.29 is 38.6 Å². The number of methoxy groups -OCH3 is 2. The van der Waals surface area contributed by atoms with Gasteiger partial charge in [-0.05, 0) is 26.0 Å². The number of carbonyl (C=O) groups excluding carboxylic acids is 3. The van der Waals surface area contributed by atoms with Crippen LogP contribution in [0.15, 0.2) is 30.0 Å². The molecule has 0 spiro atoms. The van der Waals surface area contributed by atoms with Crippen molar-refractivity contribution in [3.8, 4) is 0 Å². The first kappa shape index (κ1) is 21.2. The highest BCUT2D eigenvalue weighted by Crippen LogP contribution is 2.14. The second-order valence-corrected chi connectivity index (χ2v) is 5.33. The van der Waals surface area contributed by atoms with Crippen LogP contribution in [0.5, 0.6) is 0 Å². The standard InChI is InChI=1S/C16H20BNO8/c1-9(2)26-15(20)10-5-6-11(17(22)23)12(7-10)18-13(16(21)25-4)8-14(19)24-3/h5-9,18,22-23H,1-4H3/b13-8+. The lowest BCUT2D eigenvalue weighted by Gasteiger charge is -2.15. The monoisotopic (exact) mass is 365 g/mol. The smallest absolute Gasteiger partial charge is 0.466 e. The fourth-order valence-electron chi connectivity index (χ4n) is 1.88. The van der Waals surface area contributed by atoms with Crippen LogP contribution in [0.25, 0.3) is 0 Å². The summed E-state index contributed by atoms with van der Waals surface area (Å²) in [5.74, 6) is -2.37. The van der Waals surface area contributed by atoms with Crippen LogP contribution >= 0.6 is 0 Å². The van der Waals surface area contributed by atoms with E-state index in [-0.39, 0.29) is 28.5 Å². The Hall–Kier alpha value is -2.85. The molecular weight excluding hydrogens is 345 g/mol. The molecule has 0 saturated carbocycles. The van der Waals surface area contributed by atoms with Gasteiger partial charge < -0.3 is 29.6 Å². The summed E-state index contributed by atoms with van der Waals surface area (Å²) < 4.78 is 14.1. The molecule has 0 aliphatic rings.